The average Bonchev–Trinajstić information content (AvgIpc) is 2.71. The number of rotatable bonds is 2. The van der Waals surface area contributed by atoms with Crippen LogP contribution in [0.3, 0.4) is 0 Å². The molecule has 0 aromatic carbocycles. The van der Waals surface area contributed by atoms with Gasteiger partial charge in [0.1, 0.15) is 6.33 Å². The molecule has 1 heterocycles. The topological polar surface area (TPSA) is 76.7 Å². The van der Waals surface area contributed by atoms with E-state index in [0.29, 0.717) is 12.5 Å². The van der Waals surface area contributed by atoms with Gasteiger partial charge in [0.25, 0.3) is 0 Å². The van der Waals surface area contributed by atoms with Crippen LogP contribution in [0.15, 0.2) is 11.1 Å². The average molecular weight is 182 g/mol. The van der Waals surface area contributed by atoms with E-state index in [1.165, 1.54) is 0 Å². The lowest BCUT2D eigenvalue weighted by Gasteiger charge is -2.17. The molecule has 5 nitrogen and oxygen atoms in total. The maximum atomic E-state index is 11.3. The molecule has 0 bridgehead atoms. The van der Waals surface area contributed by atoms with Crippen LogP contribution in [-0.4, -0.2) is 21.3 Å². The predicted molar refractivity (Wildman–Crippen MR) is 48.3 cm³/mol. The van der Waals surface area contributed by atoms with E-state index in [1.54, 1.807) is 10.9 Å². The van der Waals surface area contributed by atoms with E-state index in [-0.39, 0.29) is 11.7 Å². The van der Waals surface area contributed by atoms with Crippen molar-refractivity contribution in [2.45, 2.75) is 25.3 Å². The molecule has 2 unspecified atom stereocenters. The molecule has 1 aromatic rings. The van der Waals surface area contributed by atoms with Crippen molar-refractivity contribution >= 4 is 0 Å². The van der Waals surface area contributed by atoms with Gasteiger partial charge in [0.05, 0.1) is 0 Å². The summed E-state index contributed by atoms with van der Waals surface area (Å²) in [5.74, 6) is 0.440. The molecule has 0 radical (unpaired) electrons. The molecular weight excluding hydrogens is 168 g/mol. The van der Waals surface area contributed by atoms with Gasteiger partial charge < -0.3 is 5.73 Å². The van der Waals surface area contributed by atoms with Crippen LogP contribution in [0.5, 0.6) is 0 Å². The first-order valence-electron chi connectivity index (χ1n) is 4.64. The second kappa shape index (κ2) is 3.33. The van der Waals surface area contributed by atoms with Gasteiger partial charge in [0.2, 0.25) is 0 Å². The van der Waals surface area contributed by atoms with E-state index < -0.39 is 0 Å². The molecule has 1 aliphatic carbocycles. The number of aromatic amines is 1. The zero-order valence-corrected chi connectivity index (χ0v) is 7.44. The highest BCUT2D eigenvalue weighted by Crippen LogP contribution is 2.33. The molecule has 1 saturated carbocycles. The van der Waals surface area contributed by atoms with Crippen LogP contribution in [-0.2, 0) is 0 Å². The molecule has 3 N–H and O–H groups in total. The normalized spacial score (nSPS) is 28.1. The molecule has 2 rings (SSSR count). The van der Waals surface area contributed by atoms with E-state index in [0.717, 1.165) is 19.3 Å². The van der Waals surface area contributed by atoms with Gasteiger partial charge in [-0.15, -0.1) is 0 Å². The van der Waals surface area contributed by atoms with E-state index in [1.807, 2.05) is 0 Å². The van der Waals surface area contributed by atoms with Crippen LogP contribution in [0.4, 0.5) is 0 Å². The van der Waals surface area contributed by atoms with Crippen LogP contribution in [0.1, 0.15) is 25.3 Å². The number of nitrogens with two attached hydrogens (primary N) is 1. The Labute approximate surface area is 75.9 Å². The lowest BCUT2D eigenvalue weighted by Crippen LogP contribution is -2.28. The highest BCUT2D eigenvalue weighted by Gasteiger charge is 2.28. The molecular formula is C8H14N4O. The summed E-state index contributed by atoms with van der Waals surface area (Å²) < 4.78 is 1.67. The largest absolute Gasteiger partial charge is 0.343 e. The van der Waals surface area contributed by atoms with Crippen LogP contribution >= 0.6 is 0 Å². The second-order valence-corrected chi connectivity index (χ2v) is 3.56. The maximum Gasteiger partial charge on any atom is 0.343 e. The Morgan fingerprint density at radius 3 is 3.15 bits per heavy atom. The first kappa shape index (κ1) is 8.50. The molecule has 0 aliphatic heterocycles. The van der Waals surface area contributed by atoms with Gasteiger partial charge in [-0.05, 0) is 25.3 Å². The minimum atomic E-state index is -0.120. The van der Waals surface area contributed by atoms with Crippen molar-refractivity contribution in [2.24, 2.45) is 11.7 Å². The third-order valence-electron chi connectivity index (χ3n) is 2.86. The number of hydrogen-bond acceptors (Lipinski definition) is 3. The minimum Gasteiger partial charge on any atom is -0.330 e. The van der Waals surface area contributed by atoms with E-state index >= 15 is 0 Å². The Morgan fingerprint density at radius 1 is 1.69 bits per heavy atom. The molecule has 5 heteroatoms. The van der Waals surface area contributed by atoms with Gasteiger partial charge in [-0.3, -0.25) is 4.57 Å². The third kappa shape index (κ3) is 1.39. The standard InChI is InChI=1S/C8H14N4O/c9-4-6-2-1-3-7(6)12-5-10-11-8(12)13/h5-7H,1-4,9H2,(H,11,13). The highest BCUT2D eigenvalue weighted by molar-refractivity contribution is 4.85. The summed E-state index contributed by atoms with van der Waals surface area (Å²) in [5.41, 5.74) is 5.51. The Kier molecular flexibility index (Phi) is 2.18. The molecule has 13 heavy (non-hydrogen) atoms. The van der Waals surface area contributed by atoms with Gasteiger partial charge in [-0.1, -0.05) is 6.42 Å². The minimum absolute atomic E-state index is 0.120. The first-order chi connectivity index (χ1) is 6.33. The second-order valence-electron chi connectivity index (χ2n) is 3.56. The van der Waals surface area contributed by atoms with Gasteiger partial charge in [0, 0.05) is 6.04 Å². The molecule has 0 spiro atoms. The fourth-order valence-electron chi connectivity index (χ4n) is 2.15. The molecule has 2 atom stereocenters. The summed E-state index contributed by atoms with van der Waals surface area (Å²) in [4.78, 5) is 11.3. The number of H-pyrrole nitrogens is 1. The Hall–Kier alpha value is -1.10. The number of nitrogens with zero attached hydrogens (tertiary/aromatic N) is 2. The zero-order valence-electron chi connectivity index (χ0n) is 7.44. The van der Waals surface area contributed by atoms with Gasteiger partial charge in [-0.25, -0.2) is 9.89 Å². The van der Waals surface area contributed by atoms with Crippen molar-refractivity contribution in [2.75, 3.05) is 6.54 Å². The van der Waals surface area contributed by atoms with Crippen molar-refractivity contribution < 1.29 is 0 Å². The van der Waals surface area contributed by atoms with Crippen LogP contribution in [0.2, 0.25) is 0 Å². The van der Waals surface area contributed by atoms with E-state index in [4.69, 9.17) is 5.73 Å². The van der Waals surface area contributed by atoms with Crippen molar-refractivity contribution in [3.05, 3.63) is 16.8 Å². The van der Waals surface area contributed by atoms with Crippen LogP contribution in [0.25, 0.3) is 0 Å². The zero-order chi connectivity index (χ0) is 9.26. The Balaban J connectivity index is 2.26. The van der Waals surface area contributed by atoms with E-state index in [9.17, 15) is 4.79 Å². The van der Waals surface area contributed by atoms with Crippen LogP contribution in [0, 0.1) is 5.92 Å². The molecule has 1 fully saturated rings. The lowest BCUT2D eigenvalue weighted by molar-refractivity contribution is 0.379. The van der Waals surface area contributed by atoms with Gasteiger partial charge in [-0.2, -0.15) is 5.10 Å². The molecule has 72 valence electrons. The molecule has 0 amide bonds. The summed E-state index contributed by atoms with van der Waals surface area (Å²) in [5, 5.41) is 6.13. The summed E-state index contributed by atoms with van der Waals surface area (Å²) in [6.07, 6.45) is 4.89. The fourth-order valence-corrected chi connectivity index (χ4v) is 2.15. The predicted octanol–water partition coefficient (Wildman–Crippen LogP) is -0.129. The molecule has 0 saturated heterocycles. The first-order valence-corrected chi connectivity index (χ1v) is 4.64. The van der Waals surface area contributed by atoms with Crippen molar-refractivity contribution in [3.8, 4) is 0 Å². The SMILES string of the molecule is NCC1CCCC1n1cn[nH]c1=O. The monoisotopic (exact) mass is 182 g/mol. The molecule has 1 aliphatic rings. The summed E-state index contributed by atoms with van der Waals surface area (Å²) in [7, 11) is 0. The van der Waals surface area contributed by atoms with Crippen molar-refractivity contribution in [1.29, 1.82) is 0 Å². The number of hydrogen-bond donors (Lipinski definition) is 2. The van der Waals surface area contributed by atoms with Gasteiger partial charge >= 0.3 is 5.69 Å². The fraction of sp³-hybridized carbons (Fsp3) is 0.750. The van der Waals surface area contributed by atoms with Gasteiger partial charge in [0.15, 0.2) is 0 Å². The smallest absolute Gasteiger partial charge is 0.330 e. The Bertz CT molecular complexity index is 329. The van der Waals surface area contributed by atoms with E-state index in [2.05, 4.69) is 10.2 Å². The van der Waals surface area contributed by atoms with Crippen molar-refractivity contribution in [3.63, 3.8) is 0 Å². The maximum absolute atomic E-state index is 11.3. The summed E-state index contributed by atoms with van der Waals surface area (Å²) >= 11 is 0. The quantitative estimate of drug-likeness (QED) is 0.669. The summed E-state index contributed by atoms with van der Waals surface area (Å²) in [6.45, 7) is 0.655. The van der Waals surface area contributed by atoms with Crippen LogP contribution < -0.4 is 11.4 Å². The third-order valence-corrected chi connectivity index (χ3v) is 2.86. The van der Waals surface area contributed by atoms with Crippen molar-refractivity contribution in [1.82, 2.24) is 14.8 Å². The number of nitrogens with one attached hydrogen (secondary N) is 1. The Morgan fingerprint density at radius 2 is 2.54 bits per heavy atom. The number of aromatic nitrogens is 3. The summed E-state index contributed by atoms with van der Waals surface area (Å²) in [6, 6.07) is 0.260. The highest BCUT2D eigenvalue weighted by atomic mass is 16.1. The lowest BCUT2D eigenvalue weighted by atomic mass is 10.0. The molecule has 1 aromatic heterocycles.